The van der Waals surface area contributed by atoms with Gasteiger partial charge < -0.3 is 15.2 Å². The smallest absolute Gasteiger partial charge is 0.305 e. The highest BCUT2D eigenvalue weighted by Crippen LogP contribution is 2.23. The van der Waals surface area contributed by atoms with Gasteiger partial charge in [-0.2, -0.15) is 0 Å². The van der Waals surface area contributed by atoms with Gasteiger partial charge in [-0.25, -0.2) is 13.1 Å². The van der Waals surface area contributed by atoms with E-state index in [4.69, 9.17) is 9.84 Å². The van der Waals surface area contributed by atoms with Crippen LogP contribution in [0.4, 0.5) is 0 Å². The summed E-state index contributed by atoms with van der Waals surface area (Å²) < 4.78 is 32.4. The molecule has 1 atom stereocenters. The molecule has 0 aromatic heterocycles. The largest absolute Gasteiger partial charge is 0.481 e. The van der Waals surface area contributed by atoms with Crippen molar-refractivity contribution in [3.05, 3.63) is 29.8 Å². The van der Waals surface area contributed by atoms with E-state index in [1.807, 2.05) is 0 Å². The lowest BCUT2D eigenvalue weighted by Gasteiger charge is -2.27. The zero-order valence-electron chi connectivity index (χ0n) is 15.0. The van der Waals surface area contributed by atoms with Crippen LogP contribution in [0.3, 0.4) is 0 Å². The fourth-order valence-electron chi connectivity index (χ4n) is 2.74. The molecule has 0 spiro atoms. The van der Waals surface area contributed by atoms with E-state index in [0.717, 1.165) is 0 Å². The topological polar surface area (TPSA) is 122 Å². The molecule has 9 heteroatoms. The maximum absolute atomic E-state index is 12.5. The van der Waals surface area contributed by atoms with Crippen LogP contribution in [-0.2, 0) is 19.6 Å². The summed E-state index contributed by atoms with van der Waals surface area (Å²) in [5.41, 5.74) is -1.32. The minimum atomic E-state index is -3.69. The fraction of sp³-hybridized carbons (Fsp3) is 0.529. The molecule has 0 saturated carbocycles. The van der Waals surface area contributed by atoms with Gasteiger partial charge in [0.2, 0.25) is 10.0 Å². The number of hydrogen-bond donors (Lipinski definition) is 3. The van der Waals surface area contributed by atoms with Crippen molar-refractivity contribution in [2.24, 2.45) is 0 Å². The first-order valence-corrected chi connectivity index (χ1v) is 9.67. The second kappa shape index (κ2) is 7.34. The highest BCUT2D eigenvalue weighted by molar-refractivity contribution is 7.89. The average molecular weight is 384 g/mol. The van der Waals surface area contributed by atoms with Gasteiger partial charge in [-0.15, -0.1) is 0 Å². The maximum atomic E-state index is 12.5. The number of benzene rings is 1. The molecule has 0 aliphatic carbocycles. The Balaban J connectivity index is 2.15. The number of amides is 1. The number of nitrogens with one attached hydrogen (secondary N) is 2. The Kier molecular flexibility index (Phi) is 5.74. The molecule has 8 nitrogen and oxygen atoms in total. The van der Waals surface area contributed by atoms with Crippen LogP contribution in [0.5, 0.6) is 0 Å². The number of carboxylic acids is 1. The van der Waals surface area contributed by atoms with Gasteiger partial charge in [0.05, 0.1) is 23.5 Å². The van der Waals surface area contributed by atoms with E-state index in [9.17, 15) is 18.0 Å². The molecule has 2 rings (SSSR count). The monoisotopic (exact) mass is 384 g/mol. The van der Waals surface area contributed by atoms with E-state index < -0.39 is 33.0 Å². The number of aliphatic carboxylic acids is 1. The van der Waals surface area contributed by atoms with Gasteiger partial charge in [0.1, 0.15) is 0 Å². The molecule has 26 heavy (non-hydrogen) atoms. The molecule has 0 radical (unpaired) electrons. The Labute approximate surface area is 153 Å². The van der Waals surface area contributed by atoms with Gasteiger partial charge in [-0.3, -0.25) is 9.59 Å². The third-order valence-corrected chi connectivity index (χ3v) is 5.61. The number of rotatable bonds is 6. The Morgan fingerprint density at radius 1 is 1.23 bits per heavy atom. The van der Waals surface area contributed by atoms with Crippen LogP contribution in [0.1, 0.15) is 44.0 Å². The van der Waals surface area contributed by atoms with Crippen LogP contribution in [0.2, 0.25) is 0 Å². The van der Waals surface area contributed by atoms with Crippen molar-refractivity contribution in [2.75, 3.05) is 13.2 Å². The van der Waals surface area contributed by atoms with Crippen LogP contribution >= 0.6 is 0 Å². The molecule has 1 amide bonds. The number of carbonyl (C=O) groups is 2. The van der Waals surface area contributed by atoms with Gasteiger partial charge >= 0.3 is 5.97 Å². The first kappa shape index (κ1) is 20.3. The van der Waals surface area contributed by atoms with Crippen molar-refractivity contribution in [3.63, 3.8) is 0 Å². The lowest BCUT2D eigenvalue weighted by molar-refractivity contribution is -0.138. The highest BCUT2D eigenvalue weighted by Gasteiger charge is 2.38. The molecule has 1 saturated heterocycles. The third-order valence-electron chi connectivity index (χ3n) is 3.84. The molecule has 144 valence electrons. The van der Waals surface area contributed by atoms with Crippen molar-refractivity contribution < 1.29 is 27.9 Å². The van der Waals surface area contributed by atoms with E-state index in [1.54, 1.807) is 20.8 Å². The average Bonchev–Trinajstić information content (AvgIpc) is 2.92. The standard InChI is InChI=1S/C17H24N2O6S/c1-16(2,3)19-26(23,24)13-6-4-12(5-7-13)15(22)18-17(10-14(20)21)8-9-25-11-17/h4-7,19H,8-11H2,1-3H3,(H,18,22)(H,20,21). The van der Waals surface area contributed by atoms with Crippen molar-refractivity contribution in [2.45, 2.75) is 49.6 Å². The molecular weight excluding hydrogens is 360 g/mol. The summed E-state index contributed by atoms with van der Waals surface area (Å²) in [4.78, 5) is 23.6. The van der Waals surface area contributed by atoms with E-state index in [2.05, 4.69) is 10.0 Å². The Bertz CT molecular complexity index is 774. The predicted octanol–water partition coefficient (Wildman–Crippen LogP) is 1.13. The van der Waals surface area contributed by atoms with Crippen LogP contribution in [0, 0.1) is 0 Å². The number of ether oxygens (including phenoxy) is 1. The Hall–Kier alpha value is -1.97. The fourth-order valence-corrected chi connectivity index (χ4v) is 4.16. The molecule has 0 bridgehead atoms. The minimum absolute atomic E-state index is 0.0495. The lowest BCUT2D eigenvalue weighted by Crippen LogP contribution is -2.50. The summed E-state index contributed by atoms with van der Waals surface area (Å²) >= 11 is 0. The van der Waals surface area contributed by atoms with Gasteiger partial charge in [0.25, 0.3) is 5.91 Å². The van der Waals surface area contributed by atoms with Crippen molar-refractivity contribution in [1.82, 2.24) is 10.0 Å². The lowest BCUT2D eigenvalue weighted by atomic mass is 9.94. The van der Waals surface area contributed by atoms with Crippen LogP contribution in [0.15, 0.2) is 29.2 Å². The van der Waals surface area contributed by atoms with Gasteiger partial charge in [0.15, 0.2) is 0 Å². The summed E-state index contributed by atoms with van der Waals surface area (Å²) in [5.74, 6) is -1.49. The Morgan fingerprint density at radius 2 is 1.85 bits per heavy atom. The molecule has 1 aliphatic heterocycles. The zero-order chi connectivity index (χ0) is 19.6. The minimum Gasteiger partial charge on any atom is -0.481 e. The molecule has 1 aliphatic rings. The van der Waals surface area contributed by atoms with Crippen LogP contribution in [0.25, 0.3) is 0 Å². The molecule has 1 aromatic rings. The summed E-state index contributed by atoms with van der Waals surface area (Å²) in [5, 5.41) is 11.8. The molecular formula is C17H24N2O6S. The number of sulfonamides is 1. The molecule has 1 fully saturated rings. The number of carboxylic acid groups (broad SMARTS) is 1. The van der Waals surface area contributed by atoms with Crippen LogP contribution in [-0.4, -0.2) is 49.7 Å². The molecule has 1 unspecified atom stereocenters. The van der Waals surface area contributed by atoms with Crippen molar-refractivity contribution >= 4 is 21.9 Å². The summed E-state index contributed by atoms with van der Waals surface area (Å²) in [6.45, 7) is 5.71. The number of hydrogen-bond acceptors (Lipinski definition) is 5. The summed E-state index contributed by atoms with van der Waals surface area (Å²) in [7, 11) is -3.69. The number of carbonyl (C=O) groups excluding carboxylic acids is 1. The van der Waals surface area contributed by atoms with Crippen molar-refractivity contribution in [1.29, 1.82) is 0 Å². The van der Waals surface area contributed by atoms with Gasteiger partial charge in [-0.05, 0) is 51.5 Å². The zero-order valence-corrected chi connectivity index (χ0v) is 15.9. The SMILES string of the molecule is CC(C)(C)NS(=O)(=O)c1ccc(C(=O)NC2(CC(=O)O)CCOC2)cc1. The van der Waals surface area contributed by atoms with E-state index in [0.29, 0.717) is 13.0 Å². The van der Waals surface area contributed by atoms with Crippen LogP contribution < -0.4 is 10.0 Å². The first-order valence-electron chi connectivity index (χ1n) is 8.19. The predicted molar refractivity (Wildman–Crippen MR) is 94.4 cm³/mol. The third kappa shape index (κ3) is 5.26. The van der Waals surface area contributed by atoms with Gasteiger partial charge in [0, 0.05) is 17.7 Å². The highest BCUT2D eigenvalue weighted by atomic mass is 32.2. The van der Waals surface area contributed by atoms with Gasteiger partial charge in [-0.1, -0.05) is 0 Å². The first-order chi connectivity index (χ1) is 11.9. The quantitative estimate of drug-likeness (QED) is 0.676. The van der Waals surface area contributed by atoms with E-state index in [-0.39, 0.29) is 23.5 Å². The molecule has 1 aromatic carbocycles. The molecule has 1 heterocycles. The van der Waals surface area contributed by atoms with E-state index >= 15 is 0 Å². The summed E-state index contributed by atoms with van der Waals surface area (Å²) in [6, 6.07) is 5.49. The molecule has 3 N–H and O–H groups in total. The normalized spacial score (nSPS) is 20.7. The Morgan fingerprint density at radius 3 is 2.31 bits per heavy atom. The maximum Gasteiger partial charge on any atom is 0.305 e. The summed E-state index contributed by atoms with van der Waals surface area (Å²) in [6.07, 6.45) is 0.174. The second-order valence-corrected chi connectivity index (χ2v) is 9.17. The van der Waals surface area contributed by atoms with E-state index in [1.165, 1.54) is 24.3 Å². The second-order valence-electron chi connectivity index (χ2n) is 7.49. The van der Waals surface area contributed by atoms with Crippen molar-refractivity contribution in [3.8, 4) is 0 Å².